The molecule has 1 heterocycles. The lowest BCUT2D eigenvalue weighted by atomic mass is 10.1. The molecule has 0 fully saturated rings. The minimum absolute atomic E-state index is 0.0744. The summed E-state index contributed by atoms with van der Waals surface area (Å²) in [7, 11) is 1.48. The molecule has 0 aliphatic heterocycles. The molecule has 0 aliphatic rings. The van der Waals surface area contributed by atoms with Gasteiger partial charge in [0.1, 0.15) is 5.82 Å². The average molecular weight is 281 g/mol. The summed E-state index contributed by atoms with van der Waals surface area (Å²) in [6, 6.07) is 6.39. The van der Waals surface area contributed by atoms with Crippen LogP contribution in [-0.4, -0.2) is 12.0 Å². The molecule has 0 saturated heterocycles. The minimum Gasteiger partial charge on any atom is -0.371 e. The van der Waals surface area contributed by atoms with Crippen LogP contribution in [0.15, 0.2) is 30.3 Å². The first kappa shape index (κ1) is 14.2. The molecule has 20 heavy (non-hydrogen) atoms. The third kappa shape index (κ3) is 2.84. The Morgan fingerprint density at radius 1 is 1.00 bits per heavy atom. The van der Waals surface area contributed by atoms with Gasteiger partial charge in [-0.2, -0.15) is 0 Å². The fraction of sp³-hybridized carbons (Fsp3) is 0.214. The van der Waals surface area contributed by atoms with E-state index in [0.717, 1.165) is 6.07 Å². The zero-order chi connectivity index (χ0) is 14.7. The van der Waals surface area contributed by atoms with Crippen LogP contribution in [0.3, 0.4) is 0 Å². The Kier molecular flexibility index (Phi) is 4.12. The molecule has 1 aromatic carbocycles. The van der Waals surface area contributed by atoms with Crippen molar-refractivity contribution in [1.82, 2.24) is 4.98 Å². The number of halogens is 3. The molecule has 6 heteroatoms. The van der Waals surface area contributed by atoms with Crippen molar-refractivity contribution >= 4 is 11.6 Å². The van der Waals surface area contributed by atoms with Gasteiger partial charge in [-0.05, 0) is 13.0 Å². The smallest absolute Gasteiger partial charge is 0.168 e. The van der Waals surface area contributed by atoms with Crippen molar-refractivity contribution in [2.24, 2.45) is 0 Å². The van der Waals surface area contributed by atoms with Gasteiger partial charge in [-0.25, -0.2) is 18.2 Å². The fourth-order valence-electron chi connectivity index (χ4n) is 1.85. The predicted molar refractivity (Wildman–Crippen MR) is 72.1 cm³/mol. The fourth-order valence-corrected chi connectivity index (χ4v) is 1.85. The quantitative estimate of drug-likeness (QED) is 0.897. The first-order chi connectivity index (χ1) is 9.52. The number of benzene rings is 1. The largest absolute Gasteiger partial charge is 0.371 e. The molecule has 106 valence electrons. The molecule has 0 saturated carbocycles. The van der Waals surface area contributed by atoms with Crippen LogP contribution in [0.2, 0.25) is 0 Å². The molecule has 0 spiro atoms. The van der Waals surface area contributed by atoms with Crippen LogP contribution >= 0.6 is 0 Å². The Balaban J connectivity index is 2.28. The summed E-state index contributed by atoms with van der Waals surface area (Å²) in [5.41, 5.74) is 0.379. The molecule has 1 aromatic heterocycles. The standard InChI is InChI=1S/C14H14F3N3/c1-8(9-5-3-4-6-10(9)15)19-14-12(17)7-11(16)13(18-2)20-14/h3-8H,1-2H3,(H2,18,19,20). The van der Waals surface area contributed by atoms with Gasteiger partial charge < -0.3 is 10.6 Å². The number of nitrogens with one attached hydrogen (secondary N) is 2. The van der Waals surface area contributed by atoms with E-state index in [1.165, 1.54) is 13.1 Å². The topological polar surface area (TPSA) is 37.0 Å². The van der Waals surface area contributed by atoms with Crippen LogP contribution < -0.4 is 10.6 Å². The summed E-state index contributed by atoms with van der Waals surface area (Å²) in [4.78, 5) is 3.79. The van der Waals surface area contributed by atoms with Gasteiger partial charge in [-0.1, -0.05) is 18.2 Å². The number of pyridine rings is 1. The lowest BCUT2D eigenvalue weighted by molar-refractivity contribution is 0.573. The van der Waals surface area contributed by atoms with Crippen LogP contribution in [0.25, 0.3) is 0 Å². The van der Waals surface area contributed by atoms with E-state index >= 15 is 0 Å². The third-order valence-electron chi connectivity index (χ3n) is 2.89. The van der Waals surface area contributed by atoms with Crippen molar-refractivity contribution in [3.63, 3.8) is 0 Å². The Morgan fingerprint density at radius 3 is 2.30 bits per heavy atom. The van der Waals surface area contributed by atoms with E-state index in [1.54, 1.807) is 25.1 Å². The monoisotopic (exact) mass is 281 g/mol. The van der Waals surface area contributed by atoms with Crippen LogP contribution in [0.5, 0.6) is 0 Å². The first-order valence-corrected chi connectivity index (χ1v) is 6.07. The predicted octanol–water partition coefficient (Wildman–Crippen LogP) is 3.71. The maximum absolute atomic E-state index is 13.7. The molecule has 3 nitrogen and oxygen atoms in total. The Morgan fingerprint density at radius 2 is 1.65 bits per heavy atom. The lowest BCUT2D eigenvalue weighted by Gasteiger charge is -2.17. The third-order valence-corrected chi connectivity index (χ3v) is 2.89. The number of nitrogens with zero attached hydrogens (tertiary/aromatic N) is 1. The molecular weight excluding hydrogens is 267 g/mol. The van der Waals surface area contributed by atoms with Gasteiger partial charge in [0.15, 0.2) is 23.3 Å². The Hall–Kier alpha value is -2.24. The summed E-state index contributed by atoms with van der Waals surface area (Å²) < 4.78 is 40.6. The van der Waals surface area contributed by atoms with Gasteiger partial charge in [-0.15, -0.1) is 0 Å². The van der Waals surface area contributed by atoms with E-state index in [1.807, 2.05) is 0 Å². The van der Waals surface area contributed by atoms with Crippen LogP contribution in [0.4, 0.5) is 24.8 Å². The van der Waals surface area contributed by atoms with Crippen molar-refractivity contribution in [2.45, 2.75) is 13.0 Å². The Labute approximate surface area is 114 Å². The van der Waals surface area contributed by atoms with E-state index in [9.17, 15) is 13.2 Å². The number of hydrogen-bond donors (Lipinski definition) is 2. The van der Waals surface area contributed by atoms with Gasteiger partial charge in [0.2, 0.25) is 0 Å². The molecule has 0 bridgehead atoms. The first-order valence-electron chi connectivity index (χ1n) is 6.07. The van der Waals surface area contributed by atoms with E-state index in [4.69, 9.17) is 0 Å². The highest BCUT2D eigenvalue weighted by molar-refractivity contribution is 5.48. The van der Waals surface area contributed by atoms with Crippen molar-refractivity contribution in [3.05, 3.63) is 53.3 Å². The average Bonchev–Trinajstić information content (AvgIpc) is 2.42. The van der Waals surface area contributed by atoms with Crippen molar-refractivity contribution in [2.75, 3.05) is 17.7 Å². The second-order valence-corrected chi connectivity index (χ2v) is 4.29. The molecule has 1 unspecified atom stereocenters. The highest BCUT2D eigenvalue weighted by atomic mass is 19.1. The summed E-state index contributed by atoms with van der Waals surface area (Å²) in [5.74, 6) is -2.22. The number of hydrogen-bond acceptors (Lipinski definition) is 3. The molecule has 2 rings (SSSR count). The molecule has 2 N–H and O–H groups in total. The van der Waals surface area contributed by atoms with Crippen LogP contribution in [0, 0.1) is 17.5 Å². The molecule has 2 aromatic rings. The molecule has 0 aliphatic carbocycles. The summed E-state index contributed by atoms with van der Waals surface area (Å²) >= 11 is 0. The van der Waals surface area contributed by atoms with Gasteiger partial charge >= 0.3 is 0 Å². The summed E-state index contributed by atoms with van der Waals surface area (Å²) in [6.45, 7) is 1.67. The van der Waals surface area contributed by atoms with Gasteiger partial charge in [-0.3, -0.25) is 0 Å². The van der Waals surface area contributed by atoms with Crippen molar-refractivity contribution in [3.8, 4) is 0 Å². The maximum atomic E-state index is 13.7. The highest BCUT2D eigenvalue weighted by Crippen LogP contribution is 2.24. The Bertz CT molecular complexity index is 617. The second kappa shape index (κ2) is 5.81. The van der Waals surface area contributed by atoms with E-state index in [2.05, 4.69) is 15.6 Å². The summed E-state index contributed by atoms with van der Waals surface area (Å²) in [6.07, 6.45) is 0. The van der Waals surface area contributed by atoms with E-state index in [-0.39, 0.29) is 11.6 Å². The molecule has 0 amide bonds. The second-order valence-electron chi connectivity index (χ2n) is 4.29. The maximum Gasteiger partial charge on any atom is 0.168 e. The number of anilines is 2. The van der Waals surface area contributed by atoms with Crippen LogP contribution in [-0.2, 0) is 0 Å². The highest BCUT2D eigenvalue weighted by Gasteiger charge is 2.15. The normalized spacial score (nSPS) is 12.1. The van der Waals surface area contributed by atoms with Crippen LogP contribution in [0.1, 0.15) is 18.5 Å². The molecule has 0 radical (unpaired) electrons. The number of aromatic nitrogens is 1. The minimum atomic E-state index is -0.829. The number of rotatable bonds is 4. The van der Waals surface area contributed by atoms with Gasteiger partial charge in [0, 0.05) is 18.7 Å². The summed E-state index contributed by atoms with van der Waals surface area (Å²) in [5, 5.41) is 5.26. The van der Waals surface area contributed by atoms with Crippen molar-refractivity contribution in [1.29, 1.82) is 0 Å². The van der Waals surface area contributed by atoms with Crippen molar-refractivity contribution < 1.29 is 13.2 Å². The van der Waals surface area contributed by atoms with Gasteiger partial charge in [0.25, 0.3) is 0 Å². The van der Waals surface area contributed by atoms with E-state index in [0.29, 0.717) is 5.56 Å². The SMILES string of the molecule is CNc1nc(NC(C)c2ccccc2F)c(F)cc1F. The molecule has 1 atom stereocenters. The molecular formula is C14H14F3N3. The zero-order valence-electron chi connectivity index (χ0n) is 11.0. The van der Waals surface area contributed by atoms with Gasteiger partial charge in [0.05, 0.1) is 6.04 Å². The van der Waals surface area contributed by atoms with E-state index < -0.39 is 23.5 Å². The zero-order valence-corrected chi connectivity index (χ0v) is 11.0. The lowest BCUT2D eigenvalue weighted by Crippen LogP contribution is -2.12.